The molecule has 6 heteroatoms. The molecule has 0 saturated carbocycles. The maximum Gasteiger partial charge on any atom is 3.00 e. The molecule has 0 amide bonds. The van der Waals surface area contributed by atoms with Crippen LogP contribution < -0.4 is 0 Å². The molecule has 0 unspecified atom stereocenters. The molecule has 8 bridgehead atoms. The zero-order valence-electron chi connectivity index (χ0n) is 13.9. The minimum atomic E-state index is 0. The van der Waals surface area contributed by atoms with Crippen LogP contribution in [0.3, 0.4) is 0 Å². The summed E-state index contributed by atoms with van der Waals surface area (Å²) >= 11 is 0. The molecule has 0 saturated heterocycles. The van der Waals surface area contributed by atoms with Crippen molar-refractivity contribution in [2.45, 2.75) is 0 Å². The van der Waals surface area contributed by atoms with Crippen LogP contribution in [0.2, 0.25) is 0 Å². The maximum atomic E-state index is 4.62. The zero-order valence-corrected chi connectivity index (χ0v) is 18.1. The van der Waals surface area contributed by atoms with Gasteiger partial charge in [0.2, 0.25) is 0 Å². The van der Waals surface area contributed by atoms with Gasteiger partial charge < -0.3 is 9.97 Å². The van der Waals surface area contributed by atoms with E-state index in [9.17, 15) is 0 Å². The number of hydrogen-bond donors (Lipinski definition) is 2. The molecule has 2 aliphatic rings. The molecule has 5 rings (SSSR count). The summed E-state index contributed by atoms with van der Waals surface area (Å²) in [6, 6.07) is 16.4. The number of hydrogen-bond acceptors (Lipinski definition) is 2. The predicted octanol–water partition coefficient (Wildman–Crippen LogP) is 4.65. The third-order valence-corrected chi connectivity index (χ3v) is 4.04. The first-order chi connectivity index (χ1) is 11.8. The normalized spacial score (nSPS) is 11.7. The number of nitrogens with zero attached hydrogens (tertiary/aromatic N) is 2. The van der Waals surface area contributed by atoms with E-state index in [1.165, 1.54) is 0 Å². The van der Waals surface area contributed by atoms with Crippen LogP contribution in [0, 0.1) is 0 Å². The van der Waals surface area contributed by atoms with E-state index < -0.39 is 0 Å². The summed E-state index contributed by atoms with van der Waals surface area (Å²) in [5, 5.41) is 0. The first-order valence-corrected chi connectivity index (χ1v) is 7.85. The largest absolute Gasteiger partial charge is 3.00 e. The molecule has 3 aromatic rings. The molecule has 0 atom stereocenters. The van der Waals surface area contributed by atoms with E-state index in [2.05, 4.69) is 50.3 Å². The second-order valence-electron chi connectivity index (χ2n) is 5.91. The van der Waals surface area contributed by atoms with Crippen LogP contribution in [-0.2, 0) is 36.5 Å². The molecular formula is C20H14MnN4Zn+3. The zero-order chi connectivity index (χ0) is 15.9. The predicted molar refractivity (Wildman–Crippen MR) is 98.9 cm³/mol. The van der Waals surface area contributed by atoms with Gasteiger partial charge in [-0.2, -0.15) is 0 Å². The molecule has 0 spiro atoms. The fourth-order valence-electron chi connectivity index (χ4n) is 2.94. The van der Waals surface area contributed by atoms with Gasteiger partial charge in [-0.15, -0.1) is 0 Å². The van der Waals surface area contributed by atoms with Crippen LogP contribution in [0.15, 0.2) is 48.5 Å². The Morgan fingerprint density at radius 1 is 0.500 bits per heavy atom. The number of fused-ring (bicyclic) bond motifs is 8. The van der Waals surface area contributed by atoms with Crippen molar-refractivity contribution in [2.24, 2.45) is 0 Å². The van der Waals surface area contributed by atoms with Gasteiger partial charge in [0.25, 0.3) is 0 Å². The first-order valence-electron chi connectivity index (χ1n) is 7.85. The van der Waals surface area contributed by atoms with Crippen LogP contribution in [0.1, 0.15) is 22.8 Å². The fraction of sp³-hybridized carbons (Fsp3) is 0. The third-order valence-electron chi connectivity index (χ3n) is 4.04. The summed E-state index contributed by atoms with van der Waals surface area (Å²) in [4.78, 5) is 16.0. The molecule has 120 valence electrons. The Kier molecular flexibility index (Phi) is 5.38. The molecule has 0 radical (unpaired) electrons. The van der Waals surface area contributed by atoms with Crippen LogP contribution >= 0.6 is 0 Å². The van der Waals surface area contributed by atoms with Gasteiger partial charge in [0.15, 0.2) is 0 Å². The number of aromatic amines is 2. The van der Waals surface area contributed by atoms with E-state index in [0.29, 0.717) is 0 Å². The summed E-state index contributed by atoms with van der Waals surface area (Å²) in [6.07, 6.45) is 8.05. The van der Waals surface area contributed by atoms with Crippen molar-refractivity contribution in [1.82, 2.24) is 19.9 Å². The molecule has 2 aliphatic heterocycles. The van der Waals surface area contributed by atoms with Gasteiger partial charge in [0.1, 0.15) is 0 Å². The molecule has 26 heavy (non-hydrogen) atoms. The number of rotatable bonds is 0. The van der Waals surface area contributed by atoms with Crippen molar-refractivity contribution < 1.29 is 36.5 Å². The molecule has 0 aliphatic carbocycles. The summed E-state index contributed by atoms with van der Waals surface area (Å²) in [6.45, 7) is 0. The van der Waals surface area contributed by atoms with Gasteiger partial charge in [-0.1, -0.05) is 0 Å². The van der Waals surface area contributed by atoms with E-state index in [-0.39, 0.29) is 36.5 Å². The van der Waals surface area contributed by atoms with Crippen molar-refractivity contribution >= 4 is 46.4 Å². The second-order valence-corrected chi connectivity index (χ2v) is 5.91. The van der Waals surface area contributed by atoms with Gasteiger partial charge in [-0.3, -0.25) is 0 Å². The summed E-state index contributed by atoms with van der Waals surface area (Å²) < 4.78 is 0. The Morgan fingerprint density at radius 3 is 1.27 bits per heavy atom. The van der Waals surface area contributed by atoms with Crippen LogP contribution in [0.25, 0.3) is 46.4 Å². The Labute approximate surface area is 173 Å². The van der Waals surface area contributed by atoms with Gasteiger partial charge in [-0.05, 0) is 72.8 Å². The molecule has 4 nitrogen and oxygen atoms in total. The molecule has 0 fully saturated rings. The van der Waals surface area contributed by atoms with Gasteiger partial charge in [-0.25, -0.2) is 9.97 Å². The average Bonchev–Trinajstić information content (AvgIpc) is 3.32. The van der Waals surface area contributed by atoms with Gasteiger partial charge in [0, 0.05) is 41.5 Å². The van der Waals surface area contributed by atoms with Crippen LogP contribution in [0.4, 0.5) is 0 Å². The van der Waals surface area contributed by atoms with E-state index in [0.717, 1.165) is 44.8 Å². The standard InChI is InChI=1S/C20H14N4.Mn.Zn/c1-2-14-10-16-5-6-18(23-16)12-20-8-7-19(24-20)11-17-4-3-15(22-17)9-13(1)21-14;;/h1-12,21-22H;;/q;+3;. The van der Waals surface area contributed by atoms with E-state index in [1.54, 1.807) is 0 Å². The van der Waals surface area contributed by atoms with Crippen molar-refractivity contribution in [3.8, 4) is 0 Å². The van der Waals surface area contributed by atoms with Crippen molar-refractivity contribution in [1.29, 1.82) is 0 Å². The summed E-state index contributed by atoms with van der Waals surface area (Å²) in [7, 11) is 0. The van der Waals surface area contributed by atoms with E-state index >= 15 is 0 Å². The number of aromatic nitrogens is 4. The van der Waals surface area contributed by atoms with Crippen molar-refractivity contribution in [3.63, 3.8) is 0 Å². The first kappa shape index (κ1) is 18.5. The average molecular weight is 431 g/mol. The molecular weight excluding hydrogens is 417 g/mol. The van der Waals surface area contributed by atoms with Crippen molar-refractivity contribution in [2.75, 3.05) is 0 Å². The Hall–Kier alpha value is -2.26. The number of nitrogens with one attached hydrogen (secondary N) is 2. The van der Waals surface area contributed by atoms with E-state index in [1.807, 2.05) is 42.5 Å². The minimum Gasteiger partial charge on any atom is -0.355 e. The SMILES string of the molecule is C1=Cc2cc3ccc(cc4ccc(cc5nc(cc1n2)C=C5)[nH]4)[nH]3.[Mn+3].[Zn]. The van der Waals surface area contributed by atoms with Gasteiger partial charge in [0.05, 0.1) is 22.8 Å². The maximum absolute atomic E-state index is 4.62. The molecule has 0 aromatic carbocycles. The fourth-order valence-corrected chi connectivity index (χ4v) is 2.94. The second kappa shape index (κ2) is 7.55. The molecule has 2 N–H and O–H groups in total. The van der Waals surface area contributed by atoms with Gasteiger partial charge >= 0.3 is 17.1 Å². The smallest absolute Gasteiger partial charge is 0.355 e. The van der Waals surface area contributed by atoms with Crippen molar-refractivity contribution in [3.05, 3.63) is 71.3 Å². The quantitative estimate of drug-likeness (QED) is 0.351. The third kappa shape index (κ3) is 3.78. The number of H-pyrrole nitrogens is 2. The Morgan fingerprint density at radius 2 is 0.846 bits per heavy atom. The van der Waals surface area contributed by atoms with E-state index in [4.69, 9.17) is 0 Å². The van der Waals surface area contributed by atoms with Crippen LogP contribution in [-0.4, -0.2) is 19.9 Å². The molecule has 5 heterocycles. The Balaban J connectivity index is 0.000000980. The summed E-state index contributed by atoms with van der Waals surface area (Å²) in [5.74, 6) is 0. The Bertz CT molecular complexity index is 1080. The minimum absolute atomic E-state index is 0. The summed E-state index contributed by atoms with van der Waals surface area (Å²) in [5.41, 5.74) is 7.86. The monoisotopic (exact) mass is 429 g/mol. The van der Waals surface area contributed by atoms with Crippen LogP contribution in [0.5, 0.6) is 0 Å². The topological polar surface area (TPSA) is 57.4 Å². The molecule has 3 aromatic heterocycles.